The van der Waals surface area contributed by atoms with Crippen molar-refractivity contribution in [1.29, 1.82) is 0 Å². The number of aryl methyl sites for hydroxylation is 1. The minimum Gasteiger partial charge on any atom is -0.325 e. The Bertz CT molecular complexity index is 902. The molecule has 0 fully saturated rings. The summed E-state index contributed by atoms with van der Waals surface area (Å²) in [6.45, 7) is 2.01. The highest BCUT2D eigenvalue weighted by atomic mass is 35.5. The normalized spacial score (nSPS) is 25.0. The smallest absolute Gasteiger partial charge is 0.239 e. The minimum atomic E-state index is -0.859. The maximum absolute atomic E-state index is 13.0. The molecule has 0 bridgehead atoms. The van der Waals surface area contributed by atoms with Crippen LogP contribution in [0.25, 0.3) is 0 Å². The van der Waals surface area contributed by atoms with Crippen molar-refractivity contribution in [2.45, 2.75) is 24.7 Å². The van der Waals surface area contributed by atoms with Gasteiger partial charge >= 0.3 is 0 Å². The summed E-state index contributed by atoms with van der Waals surface area (Å²) in [5, 5.41) is 3.52. The summed E-state index contributed by atoms with van der Waals surface area (Å²) in [5.41, 5.74) is 2.86. The van der Waals surface area contributed by atoms with Gasteiger partial charge in [0.25, 0.3) is 0 Å². The molecule has 1 heterocycles. The number of ketones is 1. The summed E-state index contributed by atoms with van der Waals surface area (Å²) in [4.78, 5) is 25.1. The molecule has 0 unspecified atom stereocenters. The summed E-state index contributed by atoms with van der Waals surface area (Å²) in [6.07, 6.45) is 3.62. The van der Waals surface area contributed by atoms with E-state index in [0.717, 1.165) is 22.4 Å². The minimum absolute atomic E-state index is 0.0438. The van der Waals surface area contributed by atoms with Crippen LogP contribution in [0.3, 0.4) is 0 Å². The average Bonchev–Trinajstić information content (AvgIpc) is 2.81. The number of benzene rings is 2. The SMILES string of the molecule is Cc1cccc([C@@H]2CC(=O)C=C[C@@]23C(=O)Nc2cc(Cl)ccc23)c1. The van der Waals surface area contributed by atoms with Gasteiger partial charge in [0, 0.05) is 23.0 Å². The van der Waals surface area contributed by atoms with Crippen LogP contribution in [0, 0.1) is 6.92 Å². The van der Waals surface area contributed by atoms with Crippen LogP contribution in [0.5, 0.6) is 0 Å². The molecule has 24 heavy (non-hydrogen) atoms. The molecule has 2 aliphatic rings. The van der Waals surface area contributed by atoms with E-state index in [9.17, 15) is 9.59 Å². The molecule has 1 aliphatic carbocycles. The highest BCUT2D eigenvalue weighted by Crippen LogP contribution is 2.52. The van der Waals surface area contributed by atoms with E-state index in [0.29, 0.717) is 11.4 Å². The Morgan fingerprint density at radius 1 is 1.17 bits per heavy atom. The van der Waals surface area contributed by atoms with Crippen LogP contribution in [0.4, 0.5) is 5.69 Å². The Kier molecular flexibility index (Phi) is 3.36. The lowest BCUT2D eigenvalue weighted by Crippen LogP contribution is -2.41. The number of hydrogen-bond donors (Lipinski definition) is 1. The van der Waals surface area contributed by atoms with Crippen LogP contribution >= 0.6 is 11.6 Å². The van der Waals surface area contributed by atoms with Gasteiger partial charge in [0.15, 0.2) is 5.78 Å². The molecule has 0 saturated carbocycles. The Hall–Kier alpha value is -2.39. The molecule has 3 nitrogen and oxygen atoms in total. The van der Waals surface area contributed by atoms with Crippen LogP contribution in [0.15, 0.2) is 54.6 Å². The van der Waals surface area contributed by atoms with Crippen LogP contribution in [0.1, 0.15) is 29.0 Å². The van der Waals surface area contributed by atoms with E-state index in [1.807, 2.05) is 31.2 Å². The molecule has 2 atom stereocenters. The maximum Gasteiger partial charge on any atom is 0.239 e. The first-order chi connectivity index (χ1) is 11.5. The summed E-state index contributed by atoms with van der Waals surface area (Å²) in [6, 6.07) is 13.5. The molecule has 1 spiro atoms. The predicted molar refractivity (Wildman–Crippen MR) is 94.4 cm³/mol. The van der Waals surface area contributed by atoms with Gasteiger partial charge in [-0.05, 0) is 36.3 Å². The van der Waals surface area contributed by atoms with Gasteiger partial charge in [-0.3, -0.25) is 9.59 Å². The molecule has 4 heteroatoms. The second-order valence-electron chi connectivity index (χ2n) is 6.48. The molecule has 2 aromatic carbocycles. The second-order valence-corrected chi connectivity index (χ2v) is 6.92. The Morgan fingerprint density at radius 2 is 2.00 bits per heavy atom. The molecule has 120 valence electrons. The highest BCUT2D eigenvalue weighted by molar-refractivity contribution is 6.31. The maximum atomic E-state index is 13.0. The van der Waals surface area contributed by atoms with Gasteiger partial charge in [0.2, 0.25) is 5.91 Å². The van der Waals surface area contributed by atoms with Crippen molar-refractivity contribution < 1.29 is 9.59 Å². The van der Waals surface area contributed by atoms with Gasteiger partial charge in [0.1, 0.15) is 5.41 Å². The first-order valence-corrected chi connectivity index (χ1v) is 8.28. The van der Waals surface area contributed by atoms with Crippen molar-refractivity contribution in [2.75, 3.05) is 5.32 Å². The number of rotatable bonds is 1. The van der Waals surface area contributed by atoms with Crippen molar-refractivity contribution in [3.8, 4) is 0 Å². The Morgan fingerprint density at radius 3 is 2.79 bits per heavy atom. The van der Waals surface area contributed by atoms with Gasteiger partial charge in [-0.25, -0.2) is 0 Å². The number of carbonyl (C=O) groups is 2. The third kappa shape index (κ3) is 2.12. The lowest BCUT2D eigenvalue weighted by molar-refractivity contribution is -0.121. The largest absolute Gasteiger partial charge is 0.325 e. The summed E-state index contributed by atoms with van der Waals surface area (Å²) in [5.74, 6) is -0.283. The molecule has 0 aromatic heterocycles. The molecule has 0 radical (unpaired) electrons. The Balaban J connectivity index is 1.95. The number of amides is 1. The quantitative estimate of drug-likeness (QED) is 0.849. The summed E-state index contributed by atoms with van der Waals surface area (Å²) >= 11 is 6.07. The third-order valence-corrected chi connectivity index (χ3v) is 5.22. The lowest BCUT2D eigenvalue weighted by atomic mass is 9.64. The number of nitrogens with one attached hydrogen (secondary N) is 1. The lowest BCUT2D eigenvalue weighted by Gasteiger charge is -2.36. The van der Waals surface area contributed by atoms with Crippen molar-refractivity contribution in [2.24, 2.45) is 0 Å². The zero-order chi connectivity index (χ0) is 16.9. The molecule has 0 saturated heterocycles. The van der Waals surface area contributed by atoms with Crippen molar-refractivity contribution in [3.05, 3.63) is 76.3 Å². The van der Waals surface area contributed by atoms with Gasteiger partial charge in [-0.15, -0.1) is 0 Å². The molecule has 1 N–H and O–H groups in total. The molecule has 1 aliphatic heterocycles. The molecule has 1 amide bonds. The molecule has 4 rings (SSSR count). The number of allylic oxidation sites excluding steroid dienone is 1. The second kappa shape index (κ2) is 5.32. The van der Waals surface area contributed by atoms with Gasteiger partial charge in [-0.2, -0.15) is 0 Å². The Labute approximate surface area is 145 Å². The average molecular weight is 338 g/mol. The zero-order valence-corrected chi connectivity index (χ0v) is 13.9. The van der Waals surface area contributed by atoms with Crippen molar-refractivity contribution in [3.63, 3.8) is 0 Å². The van der Waals surface area contributed by atoms with Crippen molar-refractivity contribution >= 4 is 29.0 Å². The third-order valence-electron chi connectivity index (χ3n) is 4.98. The van der Waals surface area contributed by atoms with E-state index in [1.54, 1.807) is 18.2 Å². The molecular formula is C20H16ClNO2. The van der Waals surface area contributed by atoms with Gasteiger partial charge in [0.05, 0.1) is 0 Å². The highest BCUT2D eigenvalue weighted by Gasteiger charge is 2.53. The zero-order valence-electron chi connectivity index (χ0n) is 13.2. The van der Waals surface area contributed by atoms with E-state index in [2.05, 4.69) is 11.4 Å². The van der Waals surface area contributed by atoms with E-state index in [1.165, 1.54) is 6.08 Å². The van der Waals surface area contributed by atoms with E-state index >= 15 is 0 Å². The number of hydrogen-bond acceptors (Lipinski definition) is 2. The van der Waals surface area contributed by atoms with E-state index < -0.39 is 5.41 Å². The fraction of sp³-hybridized carbons (Fsp3) is 0.200. The van der Waals surface area contributed by atoms with Crippen molar-refractivity contribution in [1.82, 2.24) is 0 Å². The first kappa shape index (κ1) is 15.2. The topological polar surface area (TPSA) is 46.2 Å². The van der Waals surface area contributed by atoms with Crippen LogP contribution in [0.2, 0.25) is 5.02 Å². The monoisotopic (exact) mass is 337 g/mol. The van der Waals surface area contributed by atoms with Crippen LogP contribution < -0.4 is 5.32 Å². The number of anilines is 1. The number of halogens is 1. The van der Waals surface area contributed by atoms with E-state index in [-0.39, 0.29) is 17.6 Å². The van der Waals surface area contributed by atoms with Crippen LogP contribution in [-0.2, 0) is 15.0 Å². The molecular weight excluding hydrogens is 322 g/mol. The van der Waals surface area contributed by atoms with E-state index in [4.69, 9.17) is 11.6 Å². The predicted octanol–water partition coefficient (Wildman–Crippen LogP) is 4.15. The fourth-order valence-corrected chi connectivity index (χ4v) is 4.05. The molecule has 2 aromatic rings. The number of carbonyl (C=O) groups excluding carboxylic acids is 2. The van der Waals surface area contributed by atoms with Gasteiger partial charge in [-0.1, -0.05) is 53.6 Å². The van der Waals surface area contributed by atoms with Crippen LogP contribution in [-0.4, -0.2) is 11.7 Å². The fourth-order valence-electron chi connectivity index (χ4n) is 3.88. The number of fused-ring (bicyclic) bond motifs is 2. The summed E-state index contributed by atoms with van der Waals surface area (Å²) in [7, 11) is 0. The summed E-state index contributed by atoms with van der Waals surface area (Å²) < 4.78 is 0. The van der Waals surface area contributed by atoms with Gasteiger partial charge < -0.3 is 5.32 Å². The first-order valence-electron chi connectivity index (χ1n) is 7.91. The standard InChI is InChI=1S/C20H16ClNO2/c1-12-3-2-4-13(9-12)17-11-15(23)7-8-20(17)16-6-5-14(21)10-18(16)22-19(20)24/h2-10,17H,11H2,1H3,(H,22,24)/t17-,20-/m0/s1.